The normalized spacial score (nSPS) is 36.4. The molecule has 588 valence electrons. The molecular formula is C93H132O14. The maximum absolute atomic E-state index is 12.4. The third-order valence-corrected chi connectivity index (χ3v) is 30.4. The van der Waals surface area contributed by atoms with Gasteiger partial charge in [0, 0.05) is 55.3 Å². The Kier molecular flexibility index (Phi) is 29.1. The second-order valence-electron chi connectivity index (χ2n) is 36.2. The van der Waals surface area contributed by atoms with E-state index in [1.807, 2.05) is 111 Å². The number of carbonyl (C=O) groups excluding carboxylic acids is 6. The number of rotatable bonds is 18. The molecule has 0 saturated heterocycles. The topological polar surface area (TPSA) is 220 Å². The van der Waals surface area contributed by atoms with E-state index in [4.69, 9.17) is 18.9 Å². The number of aliphatic hydroxyl groups is 4. The van der Waals surface area contributed by atoms with Gasteiger partial charge in [0.05, 0.1) is 28.4 Å². The second kappa shape index (κ2) is 37.3. The van der Waals surface area contributed by atoms with Crippen LogP contribution in [0.15, 0.2) is 121 Å². The molecule has 0 aliphatic heterocycles. The van der Waals surface area contributed by atoms with Gasteiger partial charge in [0.1, 0.15) is 37.0 Å². The Balaban J connectivity index is 0.000000144. The van der Waals surface area contributed by atoms with Crippen LogP contribution < -0.4 is 0 Å². The van der Waals surface area contributed by atoms with Crippen LogP contribution in [0.2, 0.25) is 0 Å². The highest BCUT2D eigenvalue weighted by Crippen LogP contribution is 2.63. The summed E-state index contributed by atoms with van der Waals surface area (Å²) < 4.78 is 23.6. The molecule has 4 aromatic rings. The molecule has 10 aliphatic carbocycles. The summed E-state index contributed by atoms with van der Waals surface area (Å²) >= 11 is 0. The molecule has 4 N–H and O–H groups in total. The van der Waals surface area contributed by atoms with Crippen molar-refractivity contribution in [1.82, 2.24) is 0 Å². The third kappa shape index (κ3) is 18.5. The molecule has 10 aliphatic rings. The molecule has 0 amide bonds. The fraction of sp³-hybridized carbons (Fsp3) is 0.677. The van der Waals surface area contributed by atoms with Gasteiger partial charge in [-0.15, -0.1) is 0 Å². The zero-order valence-corrected chi connectivity index (χ0v) is 66.4. The molecule has 0 unspecified atom stereocenters. The lowest BCUT2D eigenvalue weighted by atomic mass is 9.62. The van der Waals surface area contributed by atoms with E-state index in [-0.39, 0.29) is 101 Å². The Morgan fingerprint density at radius 3 is 0.794 bits per heavy atom. The Labute approximate surface area is 640 Å². The highest BCUT2D eigenvalue weighted by molar-refractivity contribution is 5.91. The fourth-order valence-corrected chi connectivity index (χ4v) is 24.6. The molecule has 10 fully saturated rings. The third-order valence-electron chi connectivity index (χ3n) is 30.4. The van der Waals surface area contributed by atoms with Crippen LogP contribution in [0, 0.1) is 116 Å². The van der Waals surface area contributed by atoms with Crippen LogP contribution in [0.3, 0.4) is 0 Å². The maximum atomic E-state index is 12.4. The van der Waals surface area contributed by atoms with Gasteiger partial charge in [-0.05, 0) is 283 Å². The smallest absolute Gasteiger partial charge is 0.338 e. The fourth-order valence-electron chi connectivity index (χ4n) is 24.6. The van der Waals surface area contributed by atoms with E-state index < -0.39 is 0 Å². The summed E-state index contributed by atoms with van der Waals surface area (Å²) in [5.41, 5.74) is 3.45. The van der Waals surface area contributed by atoms with E-state index >= 15 is 0 Å². The quantitative estimate of drug-likeness (QED) is 0.0414. The van der Waals surface area contributed by atoms with Crippen molar-refractivity contribution in [1.29, 1.82) is 0 Å². The summed E-state index contributed by atoms with van der Waals surface area (Å²) in [6.45, 7) is 23.0. The van der Waals surface area contributed by atoms with Crippen molar-refractivity contribution in [2.45, 2.75) is 260 Å². The van der Waals surface area contributed by atoms with Crippen molar-refractivity contribution in [3.63, 3.8) is 0 Å². The summed E-state index contributed by atoms with van der Waals surface area (Å²) in [7, 11) is 0. The van der Waals surface area contributed by atoms with Crippen LogP contribution >= 0.6 is 0 Å². The molecule has 14 heteroatoms. The van der Waals surface area contributed by atoms with E-state index in [9.17, 15) is 49.2 Å². The van der Waals surface area contributed by atoms with Crippen molar-refractivity contribution in [3.8, 4) is 0 Å². The highest BCUT2D eigenvalue weighted by Gasteiger charge is 2.58. The number of benzene rings is 4. The first-order valence-electron chi connectivity index (χ1n) is 41.8. The van der Waals surface area contributed by atoms with Gasteiger partial charge >= 0.3 is 23.9 Å². The first-order valence-corrected chi connectivity index (χ1v) is 41.8. The van der Waals surface area contributed by atoms with Gasteiger partial charge in [-0.25, -0.2) is 19.2 Å². The van der Waals surface area contributed by atoms with Crippen LogP contribution in [0.5, 0.6) is 0 Å². The molecular weight excluding hydrogens is 1340 g/mol. The highest BCUT2D eigenvalue weighted by atomic mass is 16.6. The number of hydrogen-bond acceptors (Lipinski definition) is 14. The number of ether oxygens (including phenoxy) is 4. The molecule has 0 heterocycles. The van der Waals surface area contributed by atoms with Gasteiger partial charge in [0.15, 0.2) is 0 Å². The van der Waals surface area contributed by atoms with Gasteiger partial charge in [-0.2, -0.15) is 0 Å². The summed E-state index contributed by atoms with van der Waals surface area (Å²) in [5, 5.41) is 38.5. The number of aliphatic hydroxyl groups excluding tert-OH is 4. The molecule has 0 spiro atoms. The maximum Gasteiger partial charge on any atom is 0.338 e. The molecule has 4 aromatic carbocycles. The Hall–Kier alpha value is -6.06. The van der Waals surface area contributed by atoms with Gasteiger partial charge in [-0.3, -0.25) is 0 Å². The molecule has 14 rings (SSSR count). The van der Waals surface area contributed by atoms with Gasteiger partial charge < -0.3 is 49.0 Å². The minimum absolute atomic E-state index is 0.00897. The molecule has 25 atom stereocenters. The van der Waals surface area contributed by atoms with Crippen LogP contribution in [-0.4, -0.2) is 107 Å². The lowest BCUT2D eigenvalue weighted by Gasteiger charge is -2.46. The van der Waals surface area contributed by atoms with Crippen LogP contribution in [0.1, 0.15) is 271 Å². The van der Waals surface area contributed by atoms with Gasteiger partial charge in [0.25, 0.3) is 0 Å². The molecule has 107 heavy (non-hydrogen) atoms. The van der Waals surface area contributed by atoms with Gasteiger partial charge in [-0.1, -0.05) is 148 Å². The van der Waals surface area contributed by atoms with E-state index in [1.54, 1.807) is 24.3 Å². The first-order chi connectivity index (χ1) is 51.3. The van der Waals surface area contributed by atoms with Crippen molar-refractivity contribution in [2.24, 2.45) is 116 Å². The predicted octanol–water partition coefficient (Wildman–Crippen LogP) is 18.8. The average Bonchev–Trinajstić information content (AvgIpc) is 1.65. The van der Waals surface area contributed by atoms with E-state index in [0.717, 1.165) is 147 Å². The second-order valence-corrected chi connectivity index (χ2v) is 36.2. The van der Waals surface area contributed by atoms with Crippen LogP contribution in [0.25, 0.3) is 0 Å². The SMILES string of the molecule is C[C@@H](C=O)[C@H]1CC[C@H]2[C@@H](OC(=O)c3ccccc3)CCC[C@]12C.C[C@@H](CO)[C@H]1CC[C@H]2[C@@H](OC(=O)c3ccccc3)CCC[C@]12C.C[C@H](C=O)[C@H]1CC[C@H]2[C@@H](OC(=O)c3ccccc3)CCC[C@]12C.C[C@H](CO)[C@H]1CC[C@H]2[C@@H](O)CCC[C@]12C.C[C@H](CO)[C@H]1CC[C@H]2[C@@H](OC(=O)c3ccccc3)CCC[C@]12C. The monoisotopic (exact) mass is 1470 g/mol. The van der Waals surface area contributed by atoms with E-state index in [0.29, 0.717) is 111 Å². The van der Waals surface area contributed by atoms with Crippen molar-refractivity contribution in [2.75, 3.05) is 19.8 Å². The molecule has 10 saturated carbocycles. The number of aldehydes is 2. The van der Waals surface area contributed by atoms with E-state index in [1.165, 1.54) is 25.7 Å². The largest absolute Gasteiger partial charge is 0.458 e. The summed E-state index contributed by atoms with van der Waals surface area (Å²) in [6.07, 6.45) is 29.5. The number of hydrogen-bond donors (Lipinski definition) is 4. The predicted molar refractivity (Wildman–Crippen MR) is 419 cm³/mol. The zero-order valence-electron chi connectivity index (χ0n) is 66.4. The van der Waals surface area contributed by atoms with E-state index in [2.05, 4.69) is 55.4 Å². The molecule has 0 aromatic heterocycles. The van der Waals surface area contributed by atoms with Crippen molar-refractivity contribution in [3.05, 3.63) is 144 Å². The van der Waals surface area contributed by atoms with Crippen molar-refractivity contribution < 1.29 is 68.1 Å². The zero-order chi connectivity index (χ0) is 76.8. The molecule has 0 bridgehead atoms. The van der Waals surface area contributed by atoms with Gasteiger partial charge in [0.2, 0.25) is 0 Å². The summed E-state index contributed by atoms with van der Waals surface area (Å²) in [6, 6.07) is 37.0. The average molecular weight is 1470 g/mol. The molecule has 14 nitrogen and oxygen atoms in total. The first kappa shape index (κ1) is 83.4. The molecule has 0 radical (unpaired) electrons. The van der Waals surface area contributed by atoms with Crippen LogP contribution in [0.4, 0.5) is 0 Å². The minimum Gasteiger partial charge on any atom is -0.458 e. The number of carbonyl (C=O) groups is 6. The van der Waals surface area contributed by atoms with Crippen LogP contribution in [-0.2, 0) is 28.5 Å². The Morgan fingerprint density at radius 2 is 0.551 bits per heavy atom. The Morgan fingerprint density at radius 1 is 0.336 bits per heavy atom. The van der Waals surface area contributed by atoms with Crippen molar-refractivity contribution >= 4 is 36.4 Å². The number of fused-ring (bicyclic) bond motifs is 5. The number of esters is 4. The Bertz CT molecular complexity index is 3280. The lowest BCUT2D eigenvalue weighted by Crippen LogP contribution is -2.43. The minimum atomic E-state index is -0.216. The summed E-state index contributed by atoms with van der Waals surface area (Å²) in [4.78, 5) is 72.2. The summed E-state index contributed by atoms with van der Waals surface area (Å²) in [5.74, 6) is 5.06. The lowest BCUT2D eigenvalue weighted by molar-refractivity contribution is -0.115. The standard InChI is InChI=1S/2C20H28O3.2C20H26O3.C13H24O2/c4*1-14(13-21)16-10-11-17-18(9-6-12-20(16,17)2)23-19(22)15-7-4-3-5-8-15;1-9(8-14)10-5-6-11-12(15)4-3-7-13(10,11)2/h2*3-5,7-8,14,16-18,21H,6,9-13H2,1-2H3;2*3-5,7-8,13-14,16-18H,6,9-12H2,1-2H3;9-12,14-15H,3-8H2,1-2H3/t14-,16+,17-,18-,20+;14-,16-,17+,18+,20-;14-,16+,17-,18-,20+;14-,16-,17+,18+,20-;9-,10-,11+,12+,13-/m01011/s1.